The van der Waals surface area contributed by atoms with Crippen molar-refractivity contribution in [1.82, 2.24) is 9.80 Å². The Hall–Kier alpha value is -1.10. The molecule has 2 rings (SSSR count). The molecular weight excluding hydrogens is 232 g/mol. The van der Waals surface area contributed by atoms with Crippen LogP contribution in [0.3, 0.4) is 0 Å². The first-order chi connectivity index (χ1) is 8.63. The molecule has 1 atom stereocenters. The Bertz CT molecular complexity index is 328. The van der Waals surface area contributed by atoms with Crippen LogP contribution in [-0.2, 0) is 14.3 Å². The van der Waals surface area contributed by atoms with E-state index in [9.17, 15) is 9.59 Å². The van der Waals surface area contributed by atoms with E-state index in [1.54, 1.807) is 0 Å². The summed E-state index contributed by atoms with van der Waals surface area (Å²) in [5.74, 6) is -0.0927. The van der Waals surface area contributed by atoms with Crippen LogP contribution >= 0.6 is 0 Å². The maximum Gasteiger partial charge on any atom is 0.323 e. The van der Waals surface area contributed by atoms with Crippen molar-refractivity contribution >= 4 is 11.9 Å². The van der Waals surface area contributed by atoms with Crippen molar-refractivity contribution in [2.45, 2.75) is 44.2 Å². The summed E-state index contributed by atoms with van der Waals surface area (Å²) in [6, 6.07) is 0.194. The van der Waals surface area contributed by atoms with Crippen LogP contribution in [0.2, 0.25) is 0 Å². The lowest BCUT2D eigenvalue weighted by Crippen LogP contribution is -2.49. The summed E-state index contributed by atoms with van der Waals surface area (Å²) in [6.07, 6.45) is 5.11. The van der Waals surface area contributed by atoms with Crippen molar-refractivity contribution in [3.8, 4) is 0 Å². The largest absolute Gasteiger partial charge is 0.468 e. The van der Waals surface area contributed by atoms with E-state index in [0.29, 0.717) is 12.6 Å². The molecule has 1 heterocycles. The molecule has 1 saturated carbocycles. The molecule has 2 aliphatic rings. The van der Waals surface area contributed by atoms with Crippen LogP contribution in [0.25, 0.3) is 0 Å². The van der Waals surface area contributed by atoms with Crippen LogP contribution in [-0.4, -0.2) is 61.0 Å². The maximum absolute atomic E-state index is 12.1. The maximum atomic E-state index is 12.1. The molecule has 18 heavy (non-hydrogen) atoms. The molecule has 102 valence electrons. The topological polar surface area (TPSA) is 49.9 Å². The molecule has 1 aliphatic heterocycles. The summed E-state index contributed by atoms with van der Waals surface area (Å²) >= 11 is 0. The van der Waals surface area contributed by atoms with Gasteiger partial charge in [-0.1, -0.05) is 6.42 Å². The number of amides is 1. The molecule has 0 aromatic carbocycles. The number of piperidine rings is 1. The molecule has 2 fully saturated rings. The van der Waals surface area contributed by atoms with Gasteiger partial charge in [-0.25, -0.2) is 0 Å². The Labute approximate surface area is 108 Å². The minimum absolute atomic E-state index is 0.119. The Kier molecular flexibility index (Phi) is 4.22. The number of rotatable bonds is 4. The molecular formula is C13H22N2O3. The minimum Gasteiger partial charge on any atom is -0.468 e. The van der Waals surface area contributed by atoms with Gasteiger partial charge in [-0.05, 0) is 32.2 Å². The van der Waals surface area contributed by atoms with Gasteiger partial charge in [-0.3, -0.25) is 14.5 Å². The predicted molar refractivity (Wildman–Crippen MR) is 67.0 cm³/mol. The van der Waals surface area contributed by atoms with Crippen molar-refractivity contribution in [3.63, 3.8) is 0 Å². The minimum atomic E-state index is -0.236. The number of ether oxygens (including phenoxy) is 1. The lowest BCUT2D eigenvalue weighted by Gasteiger charge is -2.34. The highest BCUT2D eigenvalue weighted by molar-refractivity contribution is 5.81. The fourth-order valence-corrected chi connectivity index (χ4v) is 2.53. The van der Waals surface area contributed by atoms with E-state index in [1.165, 1.54) is 7.11 Å². The molecule has 0 aromatic rings. The van der Waals surface area contributed by atoms with Crippen molar-refractivity contribution in [3.05, 3.63) is 0 Å². The van der Waals surface area contributed by atoms with Gasteiger partial charge in [-0.2, -0.15) is 0 Å². The summed E-state index contributed by atoms with van der Waals surface area (Å²) < 4.78 is 4.82. The first-order valence-corrected chi connectivity index (χ1v) is 6.71. The van der Waals surface area contributed by atoms with Gasteiger partial charge < -0.3 is 9.64 Å². The number of likely N-dealkylation sites (N-methyl/N-ethyl adjacent to an activating group) is 1. The average Bonchev–Trinajstić information content (AvgIpc) is 3.22. The smallest absolute Gasteiger partial charge is 0.323 e. The molecule has 0 N–H and O–H groups in total. The molecule has 0 spiro atoms. The average molecular weight is 254 g/mol. The van der Waals surface area contributed by atoms with Crippen molar-refractivity contribution < 1.29 is 14.3 Å². The number of carbonyl (C=O) groups excluding carboxylic acids is 2. The van der Waals surface area contributed by atoms with E-state index in [4.69, 9.17) is 4.74 Å². The Morgan fingerprint density at radius 2 is 2.00 bits per heavy atom. The zero-order chi connectivity index (χ0) is 13.1. The van der Waals surface area contributed by atoms with Crippen molar-refractivity contribution in [2.24, 2.45) is 0 Å². The Balaban J connectivity index is 1.92. The highest BCUT2D eigenvalue weighted by atomic mass is 16.5. The normalized spacial score (nSPS) is 24.7. The zero-order valence-electron chi connectivity index (χ0n) is 11.2. The van der Waals surface area contributed by atoms with E-state index >= 15 is 0 Å². The number of hydrogen-bond acceptors (Lipinski definition) is 4. The van der Waals surface area contributed by atoms with Gasteiger partial charge in [0.25, 0.3) is 0 Å². The number of methoxy groups -OCH3 is 1. The first kappa shape index (κ1) is 13.3. The van der Waals surface area contributed by atoms with Crippen LogP contribution < -0.4 is 0 Å². The fraction of sp³-hybridized carbons (Fsp3) is 0.846. The van der Waals surface area contributed by atoms with E-state index in [1.807, 2.05) is 16.8 Å². The number of carbonyl (C=O) groups is 2. The van der Waals surface area contributed by atoms with Crippen LogP contribution in [0, 0.1) is 0 Å². The van der Waals surface area contributed by atoms with Crippen molar-refractivity contribution in [1.29, 1.82) is 0 Å². The molecule has 1 aliphatic carbocycles. The van der Waals surface area contributed by atoms with E-state index in [2.05, 4.69) is 0 Å². The summed E-state index contributed by atoms with van der Waals surface area (Å²) in [7, 11) is 3.27. The lowest BCUT2D eigenvalue weighted by molar-refractivity contribution is -0.149. The molecule has 0 aromatic heterocycles. The third-order valence-corrected chi connectivity index (χ3v) is 3.91. The summed E-state index contributed by atoms with van der Waals surface area (Å²) in [5, 5.41) is 0. The molecule has 0 radical (unpaired) electrons. The van der Waals surface area contributed by atoms with Crippen LogP contribution in [0.5, 0.6) is 0 Å². The molecule has 1 amide bonds. The van der Waals surface area contributed by atoms with Gasteiger partial charge in [0.15, 0.2) is 0 Å². The number of likely N-dealkylation sites (tertiary alicyclic amines) is 1. The van der Waals surface area contributed by atoms with E-state index in [0.717, 1.165) is 38.6 Å². The fourth-order valence-electron chi connectivity index (χ4n) is 2.53. The van der Waals surface area contributed by atoms with Crippen molar-refractivity contribution in [2.75, 3.05) is 27.2 Å². The molecule has 1 unspecified atom stereocenters. The Morgan fingerprint density at radius 1 is 1.28 bits per heavy atom. The lowest BCUT2D eigenvalue weighted by atomic mass is 10.0. The standard InChI is InChI=1S/C13H22N2O3/c1-14(10-6-7-10)12(16)9-15-8-4-3-5-11(15)13(17)18-2/h10-11H,3-9H2,1-2H3. The highest BCUT2D eigenvalue weighted by Crippen LogP contribution is 2.26. The second-order valence-electron chi connectivity index (χ2n) is 5.24. The van der Waals surface area contributed by atoms with E-state index < -0.39 is 0 Å². The third kappa shape index (κ3) is 3.02. The SMILES string of the molecule is COC(=O)C1CCCCN1CC(=O)N(C)C1CC1. The molecule has 1 saturated heterocycles. The molecule has 5 heteroatoms. The second-order valence-corrected chi connectivity index (χ2v) is 5.24. The first-order valence-electron chi connectivity index (χ1n) is 6.71. The second kappa shape index (κ2) is 5.69. The number of esters is 1. The Morgan fingerprint density at radius 3 is 2.61 bits per heavy atom. The van der Waals surface area contributed by atoms with Crippen LogP contribution in [0.15, 0.2) is 0 Å². The summed E-state index contributed by atoms with van der Waals surface area (Å²) in [4.78, 5) is 27.6. The summed E-state index contributed by atoms with van der Waals surface area (Å²) in [5.41, 5.74) is 0. The van der Waals surface area contributed by atoms with Gasteiger partial charge in [0, 0.05) is 13.1 Å². The van der Waals surface area contributed by atoms with Crippen LogP contribution in [0.1, 0.15) is 32.1 Å². The highest BCUT2D eigenvalue weighted by Gasteiger charge is 2.34. The van der Waals surface area contributed by atoms with Gasteiger partial charge in [-0.15, -0.1) is 0 Å². The van der Waals surface area contributed by atoms with Gasteiger partial charge >= 0.3 is 5.97 Å². The summed E-state index contributed by atoms with van der Waals surface area (Å²) in [6.45, 7) is 1.15. The molecule has 0 bridgehead atoms. The number of hydrogen-bond donors (Lipinski definition) is 0. The molecule has 5 nitrogen and oxygen atoms in total. The predicted octanol–water partition coefficient (Wildman–Crippen LogP) is 0.635. The quantitative estimate of drug-likeness (QED) is 0.691. The van der Waals surface area contributed by atoms with Gasteiger partial charge in [0.2, 0.25) is 5.91 Å². The number of nitrogens with zero attached hydrogens (tertiary/aromatic N) is 2. The van der Waals surface area contributed by atoms with Gasteiger partial charge in [0.05, 0.1) is 13.7 Å². The van der Waals surface area contributed by atoms with Gasteiger partial charge in [0.1, 0.15) is 6.04 Å². The zero-order valence-corrected chi connectivity index (χ0v) is 11.2. The third-order valence-electron chi connectivity index (χ3n) is 3.91. The van der Waals surface area contributed by atoms with Crippen LogP contribution in [0.4, 0.5) is 0 Å². The monoisotopic (exact) mass is 254 g/mol. The van der Waals surface area contributed by atoms with E-state index in [-0.39, 0.29) is 17.9 Å².